The Morgan fingerprint density at radius 1 is 1.27 bits per heavy atom. The Morgan fingerprint density at radius 2 is 2.00 bits per heavy atom. The van der Waals surface area contributed by atoms with Crippen molar-refractivity contribution in [3.63, 3.8) is 0 Å². The SMILES string of the molecule is CC(C)(C)c1noc(-c2cccnc2N2CCC(N)CC2)n1. The molecule has 0 spiro atoms. The second kappa shape index (κ2) is 5.68. The summed E-state index contributed by atoms with van der Waals surface area (Å²) in [4.78, 5) is 11.3. The molecule has 1 saturated heterocycles. The van der Waals surface area contributed by atoms with E-state index in [0.717, 1.165) is 37.3 Å². The molecule has 22 heavy (non-hydrogen) atoms. The van der Waals surface area contributed by atoms with Gasteiger partial charge in [-0.05, 0) is 25.0 Å². The second-order valence-corrected chi connectivity index (χ2v) is 6.87. The van der Waals surface area contributed by atoms with Crippen LogP contribution in [0.25, 0.3) is 11.5 Å². The van der Waals surface area contributed by atoms with Crippen molar-refractivity contribution < 1.29 is 4.52 Å². The van der Waals surface area contributed by atoms with Crippen LogP contribution in [0.4, 0.5) is 5.82 Å². The number of anilines is 1. The standard InChI is InChI=1S/C16H23N5O/c1-16(2,3)15-19-14(22-20-15)12-5-4-8-18-13(12)21-9-6-11(17)7-10-21/h4-5,8,11H,6-7,9-10,17H2,1-3H3. The van der Waals surface area contributed by atoms with Crippen LogP contribution >= 0.6 is 0 Å². The summed E-state index contributed by atoms with van der Waals surface area (Å²) in [6, 6.07) is 4.17. The summed E-state index contributed by atoms with van der Waals surface area (Å²) >= 11 is 0. The molecule has 0 amide bonds. The van der Waals surface area contributed by atoms with E-state index < -0.39 is 0 Å². The molecular formula is C16H23N5O. The van der Waals surface area contributed by atoms with Gasteiger partial charge in [-0.1, -0.05) is 25.9 Å². The molecule has 0 radical (unpaired) electrons. The summed E-state index contributed by atoms with van der Waals surface area (Å²) in [7, 11) is 0. The highest BCUT2D eigenvalue weighted by atomic mass is 16.5. The zero-order valence-corrected chi connectivity index (χ0v) is 13.4. The molecule has 6 nitrogen and oxygen atoms in total. The van der Waals surface area contributed by atoms with E-state index in [1.165, 1.54) is 0 Å². The van der Waals surface area contributed by atoms with Gasteiger partial charge in [0.1, 0.15) is 5.82 Å². The Labute approximate surface area is 130 Å². The fourth-order valence-corrected chi connectivity index (χ4v) is 2.56. The van der Waals surface area contributed by atoms with Gasteiger partial charge in [-0.15, -0.1) is 0 Å². The van der Waals surface area contributed by atoms with Crippen LogP contribution in [-0.4, -0.2) is 34.3 Å². The fourth-order valence-electron chi connectivity index (χ4n) is 2.56. The highest BCUT2D eigenvalue weighted by Gasteiger charge is 2.25. The molecule has 2 aromatic heterocycles. The Morgan fingerprint density at radius 3 is 2.64 bits per heavy atom. The van der Waals surface area contributed by atoms with Gasteiger partial charge in [0.15, 0.2) is 5.82 Å². The van der Waals surface area contributed by atoms with Gasteiger partial charge < -0.3 is 15.2 Å². The lowest BCUT2D eigenvalue weighted by Crippen LogP contribution is -2.40. The van der Waals surface area contributed by atoms with Gasteiger partial charge >= 0.3 is 0 Å². The monoisotopic (exact) mass is 301 g/mol. The number of nitrogens with zero attached hydrogens (tertiary/aromatic N) is 4. The molecule has 6 heteroatoms. The summed E-state index contributed by atoms with van der Waals surface area (Å²) in [6.45, 7) is 8.02. The number of aromatic nitrogens is 3. The average molecular weight is 301 g/mol. The van der Waals surface area contributed by atoms with Crippen LogP contribution in [0.15, 0.2) is 22.9 Å². The van der Waals surface area contributed by atoms with Gasteiger partial charge in [-0.3, -0.25) is 0 Å². The first kappa shape index (κ1) is 15.0. The minimum absolute atomic E-state index is 0.137. The maximum Gasteiger partial charge on any atom is 0.261 e. The maximum absolute atomic E-state index is 5.99. The fraction of sp³-hybridized carbons (Fsp3) is 0.562. The summed E-state index contributed by atoms with van der Waals surface area (Å²) < 4.78 is 5.48. The Kier molecular flexibility index (Phi) is 3.87. The van der Waals surface area contributed by atoms with E-state index in [-0.39, 0.29) is 5.41 Å². The molecule has 0 bridgehead atoms. The van der Waals surface area contributed by atoms with E-state index in [2.05, 4.69) is 40.8 Å². The first-order valence-electron chi connectivity index (χ1n) is 7.75. The third-order valence-electron chi connectivity index (χ3n) is 3.95. The lowest BCUT2D eigenvalue weighted by atomic mass is 9.96. The van der Waals surface area contributed by atoms with Crippen LogP contribution in [0.1, 0.15) is 39.4 Å². The zero-order valence-electron chi connectivity index (χ0n) is 13.4. The first-order valence-corrected chi connectivity index (χ1v) is 7.75. The van der Waals surface area contributed by atoms with Crippen molar-refractivity contribution in [2.75, 3.05) is 18.0 Å². The number of pyridine rings is 1. The Hall–Kier alpha value is -1.95. The van der Waals surface area contributed by atoms with Crippen molar-refractivity contribution in [1.82, 2.24) is 15.1 Å². The number of hydrogen-bond donors (Lipinski definition) is 1. The van der Waals surface area contributed by atoms with Crippen LogP contribution in [0.3, 0.4) is 0 Å². The van der Waals surface area contributed by atoms with Gasteiger partial charge in [0.25, 0.3) is 5.89 Å². The van der Waals surface area contributed by atoms with Crippen molar-refractivity contribution in [2.24, 2.45) is 5.73 Å². The van der Waals surface area contributed by atoms with Gasteiger partial charge in [-0.25, -0.2) is 4.98 Å². The molecule has 2 aromatic rings. The van der Waals surface area contributed by atoms with Crippen LogP contribution in [0.2, 0.25) is 0 Å². The predicted molar refractivity (Wildman–Crippen MR) is 85.7 cm³/mol. The number of nitrogens with two attached hydrogens (primary N) is 1. The minimum Gasteiger partial charge on any atom is -0.356 e. The quantitative estimate of drug-likeness (QED) is 0.917. The predicted octanol–water partition coefficient (Wildman–Crippen LogP) is 2.36. The third kappa shape index (κ3) is 2.97. The van der Waals surface area contributed by atoms with E-state index in [1.54, 1.807) is 6.20 Å². The molecule has 1 fully saturated rings. The van der Waals surface area contributed by atoms with Gasteiger partial charge in [0.2, 0.25) is 0 Å². The molecule has 2 N–H and O–H groups in total. The number of rotatable bonds is 2. The third-order valence-corrected chi connectivity index (χ3v) is 3.95. The molecule has 1 aliphatic heterocycles. The molecule has 3 rings (SSSR count). The molecule has 118 valence electrons. The molecule has 0 aromatic carbocycles. The lowest BCUT2D eigenvalue weighted by Gasteiger charge is -2.31. The van der Waals surface area contributed by atoms with E-state index >= 15 is 0 Å². The van der Waals surface area contributed by atoms with Crippen LogP contribution in [-0.2, 0) is 5.41 Å². The summed E-state index contributed by atoms with van der Waals surface area (Å²) in [5.74, 6) is 2.14. The highest BCUT2D eigenvalue weighted by molar-refractivity contribution is 5.69. The van der Waals surface area contributed by atoms with E-state index in [0.29, 0.717) is 17.8 Å². The number of piperidine rings is 1. The largest absolute Gasteiger partial charge is 0.356 e. The van der Waals surface area contributed by atoms with E-state index in [9.17, 15) is 0 Å². The average Bonchev–Trinajstić information content (AvgIpc) is 2.98. The van der Waals surface area contributed by atoms with Crippen molar-refractivity contribution >= 4 is 5.82 Å². The Balaban J connectivity index is 1.93. The van der Waals surface area contributed by atoms with E-state index in [1.807, 2.05) is 12.1 Å². The van der Waals surface area contributed by atoms with Crippen molar-refractivity contribution in [1.29, 1.82) is 0 Å². The summed E-state index contributed by atoms with van der Waals surface area (Å²) in [5, 5.41) is 4.11. The number of hydrogen-bond acceptors (Lipinski definition) is 6. The molecule has 0 unspecified atom stereocenters. The summed E-state index contributed by atoms with van der Waals surface area (Å²) in [6.07, 6.45) is 3.76. The van der Waals surface area contributed by atoms with Crippen LogP contribution in [0, 0.1) is 0 Å². The smallest absolute Gasteiger partial charge is 0.261 e. The van der Waals surface area contributed by atoms with Crippen LogP contribution in [0.5, 0.6) is 0 Å². The molecule has 0 saturated carbocycles. The highest BCUT2D eigenvalue weighted by Crippen LogP contribution is 2.30. The van der Waals surface area contributed by atoms with Crippen LogP contribution < -0.4 is 10.6 Å². The lowest BCUT2D eigenvalue weighted by molar-refractivity contribution is 0.402. The molecule has 0 atom stereocenters. The molecular weight excluding hydrogens is 278 g/mol. The van der Waals surface area contributed by atoms with Gasteiger partial charge in [-0.2, -0.15) is 4.98 Å². The van der Waals surface area contributed by atoms with E-state index in [4.69, 9.17) is 10.3 Å². The normalized spacial score (nSPS) is 17.0. The molecule has 3 heterocycles. The first-order chi connectivity index (χ1) is 10.4. The van der Waals surface area contributed by atoms with Crippen molar-refractivity contribution in [2.45, 2.75) is 45.1 Å². The van der Waals surface area contributed by atoms with Crippen molar-refractivity contribution in [3.05, 3.63) is 24.2 Å². The molecule has 0 aliphatic carbocycles. The second-order valence-electron chi connectivity index (χ2n) is 6.87. The van der Waals surface area contributed by atoms with Gasteiger partial charge in [0, 0.05) is 30.7 Å². The summed E-state index contributed by atoms with van der Waals surface area (Å²) in [5.41, 5.74) is 6.74. The topological polar surface area (TPSA) is 81.1 Å². The minimum atomic E-state index is -0.137. The zero-order chi connectivity index (χ0) is 15.7. The molecule has 1 aliphatic rings. The maximum atomic E-state index is 5.99. The Bertz CT molecular complexity index is 638. The van der Waals surface area contributed by atoms with Crippen molar-refractivity contribution in [3.8, 4) is 11.5 Å². The van der Waals surface area contributed by atoms with Gasteiger partial charge in [0.05, 0.1) is 5.56 Å².